The van der Waals surface area contributed by atoms with Crippen molar-refractivity contribution in [2.24, 2.45) is 0 Å². The highest BCUT2D eigenvalue weighted by Gasteiger charge is 2.21. The normalized spacial score (nSPS) is 17.6. The van der Waals surface area contributed by atoms with E-state index in [1.54, 1.807) is 0 Å². The van der Waals surface area contributed by atoms with Crippen LogP contribution in [0, 0.1) is 11.6 Å². The van der Waals surface area contributed by atoms with Gasteiger partial charge in [0.25, 0.3) is 0 Å². The summed E-state index contributed by atoms with van der Waals surface area (Å²) in [5.74, 6) is -2.35. The molecule has 1 aliphatic heterocycles. The minimum Gasteiger partial charge on any atom is -0.314 e. The Morgan fingerprint density at radius 1 is 1.21 bits per heavy atom. The largest absolute Gasteiger partial charge is 0.314 e. The van der Waals surface area contributed by atoms with Gasteiger partial charge in [-0.05, 0) is 6.07 Å². The molecule has 1 fully saturated rings. The van der Waals surface area contributed by atoms with Gasteiger partial charge in [0, 0.05) is 44.5 Å². The van der Waals surface area contributed by atoms with Crippen molar-refractivity contribution < 1.29 is 17.2 Å². The average molecular weight is 290 g/mol. The molecule has 1 aromatic rings. The highest BCUT2D eigenvalue weighted by Crippen LogP contribution is 2.21. The van der Waals surface area contributed by atoms with Gasteiger partial charge in [-0.3, -0.25) is 4.90 Å². The number of hydrogen-bond acceptors (Lipinski definition) is 4. The third-order valence-electron chi connectivity index (χ3n) is 3.13. The van der Waals surface area contributed by atoms with E-state index in [-0.39, 0.29) is 12.1 Å². The lowest BCUT2D eigenvalue weighted by Crippen LogP contribution is -2.43. The molecule has 19 heavy (non-hydrogen) atoms. The molecule has 1 saturated heterocycles. The molecule has 0 radical (unpaired) electrons. The maximum Gasteiger partial charge on any atom is 0.178 e. The second-order valence-electron chi connectivity index (χ2n) is 4.65. The van der Waals surface area contributed by atoms with Crippen molar-refractivity contribution >= 4 is 9.84 Å². The van der Waals surface area contributed by atoms with Gasteiger partial charge >= 0.3 is 0 Å². The molecule has 0 spiro atoms. The van der Waals surface area contributed by atoms with Crippen molar-refractivity contribution in [1.29, 1.82) is 0 Å². The first-order valence-corrected chi connectivity index (χ1v) is 7.89. The Hall–Kier alpha value is -1.05. The number of piperazine rings is 1. The average Bonchev–Trinajstić information content (AvgIpc) is 2.35. The summed E-state index contributed by atoms with van der Waals surface area (Å²) in [6.07, 6.45) is 0.862. The van der Waals surface area contributed by atoms with Crippen LogP contribution in [0.5, 0.6) is 0 Å². The summed E-state index contributed by atoms with van der Waals surface area (Å²) in [6, 6.07) is 2.47. The van der Waals surface area contributed by atoms with Crippen molar-refractivity contribution in [3.05, 3.63) is 29.3 Å². The number of nitrogens with one attached hydrogen (secondary N) is 1. The van der Waals surface area contributed by atoms with Crippen LogP contribution < -0.4 is 5.32 Å². The summed E-state index contributed by atoms with van der Waals surface area (Å²) in [7, 11) is -3.74. The molecule has 1 aromatic carbocycles. The molecule has 0 aromatic heterocycles. The van der Waals surface area contributed by atoms with Crippen molar-refractivity contribution in [2.75, 3.05) is 32.4 Å². The van der Waals surface area contributed by atoms with E-state index in [1.807, 2.05) is 4.90 Å². The molecule has 0 atom stereocenters. The third kappa shape index (κ3) is 3.29. The van der Waals surface area contributed by atoms with Crippen LogP contribution >= 0.6 is 0 Å². The highest BCUT2D eigenvalue weighted by molar-refractivity contribution is 7.90. The Labute approximate surface area is 111 Å². The second kappa shape index (κ2) is 5.52. The zero-order valence-electron chi connectivity index (χ0n) is 10.6. The number of halogens is 2. The van der Waals surface area contributed by atoms with Crippen LogP contribution in [0.15, 0.2) is 17.0 Å². The fourth-order valence-electron chi connectivity index (χ4n) is 2.09. The van der Waals surface area contributed by atoms with E-state index < -0.39 is 26.4 Å². The summed E-state index contributed by atoms with van der Waals surface area (Å²) < 4.78 is 50.2. The molecule has 7 heteroatoms. The molecular weight excluding hydrogens is 274 g/mol. The number of rotatable bonds is 3. The van der Waals surface area contributed by atoms with Gasteiger partial charge in [0.15, 0.2) is 21.5 Å². The lowest BCUT2D eigenvalue weighted by molar-refractivity contribution is 0.229. The van der Waals surface area contributed by atoms with Crippen molar-refractivity contribution in [1.82, 2.24) is 10.2 Å². The smallest absolute Gasteiger partial charge is 0.178 e. The van der Waals surface area contributed by atoms with E-state index in [0.717, 1.165) is 38.5 Å². The fraction of sp³-hybridized carbons (Fsp3) is 0.500. The van der Waals surface area contributed by atoms with Crippen LogP contribution in [0.2, 0.25) is 0 Å². The lowest BCUT2D eigenvalue weighted by atomic mass is 10.2. The summed E-state index contributed by atoms with van der Waals surface area (Å²) in [5, 5.41) is 3.17. The van der Waals surface area contributed by atoms with Gasteiger partial charge < -0.3 is 5.32 Å². The molecule has 106 valence electrons. The SMILES string of the molecule is CS(=O)(=O)c1ccc(CN2CCNCC2)c(F)c1F. The molecule has 1 heterocycles. The Morgan fingerprint density at radius 3 is 2.42 bits per heavy atom. The Kier molecular flexibility index (Phi) is 4.17. The quantitative estimate of drug-likeness (QED) is 0.893. The topological polar surface area (TPSA) is 49.4 Å². The van der Waals surface area contributed by atoms with Crippen LogP contribution in [-0.2, 0) is 16.4 Å². The molecule has 1 aliphatic rings. The number of nitrogens with zero attached hydrogens (tertiary/aromatic N) is 1. The highest BCUT2D eigenvalue weighted by atomic mass is 32.2. The summed E-state index contributed by atoms with van der Waals surface area (Å²) >= 11 is 0. The fourth-order valence-corrected chi connectivity index (χ4v) is 2.82. The molecule has 1 N–H and O–H groups in total. The van der Waals surface area contributed by atoms with E-state index >= 15 is 0 Å². The van der Waals surface area contributed by atoms with Gasteiger partial charge in [-0.25, -0.2) is 17.2 Å². The first-order valence-electron chi connectivity index (χ1n) is 5.99. The Balaban J connectivity index is 2.26. The molecular formula is C12H16F2N2O2S. The van der Waals surface area contributed by atoms with Gasteiger partial charge in [-0.15, -0.1) is 0 Å². The van der Waals surface area contributed by atoms with Gasteiger partial charge in [0.05, 0.1) is 0 Å². The van der Waals surface area contributed by atoms with Crippen molar-refractivity contribution in [3.63, 3.8) is 0 Å². The third-order valence-corrected chi connectivity index (χ3v) is 4.24. The van der Waals surface area contributed by atoms with Crippen LogP contribution in [-0.4, -0.2) is 45.8 Å². The monoisotopic (exact) mass is 290 g/mol. The van der Waals surface area contributed by atoms with Crippen molar-refractivity contribution in [2.45, 2.75) is 11.4 Å². The van der Waals surface area contributed by atoms with Crippen LogP contribution in [0.1, 0.15) is 5.56 Å². The van der Waals surface area contributed by atoms with E-state index in [2.05, 4.69) is 5.32 Å². The van der Waals surface area contributed by atoms with E-state index in [9.17, 15) is 17.2 Å². The van der Waals surface area contributed by atoms with E-state index in [4.69, 9.17) is 0 Å². The number of hydrogen-bond donors (Lipinski definition) is 1. The zero-order chi connectivity index (χ0) is 14.0. The number of benzene rings is 1. The Morgan fingerprint density at radius 2 is 1.84 bits per heavy atom. The molecule has 0 aliphatic carbocycles. The van der Waals surface area contributed by atoms with E-state index in [1.165, 1.54) is 6.07 Å². The molecule has 0 amide bonds. The maximum absolute atomic E-state index is 13.9. The predicted octanol–water partition coefficient (Wildman–Crippen LogP) is 0.774. The van der Waals surface area contributed by atoms with Crippen LogP contribution in [0.4, 0.5) is 8.78 Å². The second-order valence-corrected chi connectivity index (χ2v) is 6.63. The number of sulfone groups is 1. The summed E-state index contributed by atoms with van der Waals surface area (Å²) in [4.78, 5) is 1.41. The molecule has 4 nitrogen and oxygen atoms in total. The molecule has 0 bridgehead atoms. The first-order chi connectivity index (χ1) is 8.89. The molecule has 0 saturated carbocycles. The van der Waals surface area contributed by atoms with E-state index in [0.29, 0.717) is 0 Å². The summed E-state index contributed by atoms with van der Waals surface area (Å²) in [6.45, 7) is 3.43. The van der Waals surface area contributed by atoms with Gasteiger partial charge in [-0.1, -0.05) is 6.07 Å². The minimum absolute atomic E-state index is 0.187. The van der Waals surface area contributed by atoms with Gasteiger partial charge in [-0.2, -0.15) is 0 Å². The zero-order valence-corrected chi connectivity index (χ0v) is 11.4. The van der Waals surface area contributed by atoms with Crippen LogP contribution in [0.3, 0.4) is 0 Å². The summed E-state index contributed by atoms with van der Waals surface area (Å²) in [5.41, 5.74) is 0.187. The van der Waals surface area contributed by atoms with Gasteiger partial charge in [0.2, 0.25) is 0 Å². The predicted molar refractivity (Wildman–Crippen MR) is 67.6 cm³/mol. The maximum atomic E-state index is 13.9. The van der Waals surface area contributed by atoms with Crippen LogP contribution in [0.25, 0.3) is 0 Å². The first kappa shape index (κ1) is 14.4. The van der Waals surface area contributed by atoms with Gasteiger partial charge in [0.1, 0.15) is 4.90 Å². The Bertz CT molecular complexity index is 569. The standard InChI is InChI=1S/C12H16F2N2O2S/c1-19(17,18)10-3-2-9(11(13)12(10)14)8-16-6-4-15-5-7-16/h2-3,15H,4-8H2,1H3. The minimum atomic E-state index is -3.74. The molecule has 0 unspecified atom stereocenters. The van der Waals surface area contributed by atoms with Crippen molar-refractivity contribution in [3.8, 4) is 0 Å². The molecule has 2 rings (SSSR count). The lowest BCUT2D eigenvalue weighted by Gasteiger charge is -2.27.